The van der Waals surface area contributed by atoms with Gasteiger partial charge in [-0.15, -0.1) is 0 Å². The molecule has 37 heavy (non-hydrogen) atoms. The molecule has 4 N–H and O–H groups in total. The zero-order chi connectivity index (χ0) is 25.0. The van der Waals surface area contributed by atoms with Crippen LogP contribution in [-0.2, 0) is 4.74 Å². The molecule has 3 aliphatic rings. The average molecular weight is 499 g/mol. The number of ether oxygens (including phenoxy) is 1. The SMILES string of the molecule is C[C@@H]1OCC2(CCN(c3cnc4c(N5CCNc6cc(-c7ccnnc7)ccc65)n[nH]c4n3)CC2)[C@@H]1N. The fraction of sp³-hybridized carbons (Fsp3) is 0.423. The van der Waals surface area contributed by atoms with Crippen molar-refractivity contribution in [1.29, 1.82) is 0 Å². The van der Waals surface area contributed by atoms with Crippen molar-refractivity contribution in [2.75, 3.05) is 47.9 Å². The molecule has 0 amide bonds. The molecular weight excluding hydrogens is 468 g/mol. The van der Waals surface area contributed by atoms with Crippen molar-refractivity contribution >= 4 is 34.2 Å². The highest BCUT2D eigenvalue weighted by Crippen LogP contribution is 2.42. The van der Waals surface area contributed by atoms with E-state index in [1.807, 2.05) is 12.3 Å². The van der Waals surface area contributed by atoms with Gasteiger partial charge in [0.1, 0.15) is 5.82 Å². The maximum absolute atomic E-state index is 6.49. The summed E-state index contributed by atoms with van der Waals surface area (Å²) in [7, 11) is 0. The smallest absolute Gasteiger partial charge is 0.183 e. The summed E-state index contributed by atoms with van der Waals surface area (Å²) in [5, 5.41) is 19.2. The minimum Gasteiger partial charge on any atom is -0.382 e. The van der Waals surface area contributed by atoms with Gasteiger partial charge in [0.25, 0.3) is 0 Å². The van der Waals surface area contributed by atoms with Crippen molar-refractivity contribution < 1.29 is 4.74 Å². The van der Waals surface area contributed by atoms with Crippen LogP contribution in [-0.4, -0.2) is 75.3 Å². The van der Waals surface area contributed by atoms with Crippen molar-refractivity contribution in [1.82, 2.24) is 30.4 Å². The number of nitrogens with one attached hydrogen (secondary N) is 2. The molecule has 2 fully saturated rings. The predicted octanol–water partition coefficient (Wildman–Crippen LogP) is 2.71. The van der Waals surface area contributed by atoms with E-state index in [1.165, 1.54) is 0 Å². The summed E-state index contributed by atoms with van der Waals surface area (Å²) < 4.78 is 5.87. The first-order valence-corrected chi connectivity index (χ1v) is 12.9. The lowest BCUT2D eigenvalue weighted by atomic mass is 9.73. The molecule has 0 radical (unpaired) electrons. The molecule has 0 saturated carbocycles. The molecule has 0 unspecified atom stereocenters. The van der Waals surface area contributed by atoms with E-state index in [4.69, 9.17) is 20.4 Å². The Morgan fingerprint density at radius 2 is 1.97 bits per heavy atom. The van der Waals surface area contributed by atoms with Crippen LogP contribution >= 0.6 is 0 Å². The number of aromatic nitrogens is 6. The number of aromatic amines is 1. The lowest BCUT2D eigenvalue weighted by Gasteiger charge is -2.41. The zero-order valence-corrected chi connectivity index (χ0v) is 20.8. The van der Waals surface area contributed by atoms with E-state index in [1.54, 1.807) is 12.4 Å². The Morgan fingerprint density at radius 1 is 1.08 bits per heavy atom. The second-order valence-electron chi connectivity index (χ2n) is 10.3. The zero-order valence-electron chi connectivity index (χ0n) is 20.8. The molecule has 11 nitrogen and oxygen atoms in total. The number of piperidine rings is 1. The standard InChI is InChI=1S/C26H30N10O/c1-16-23(27)26(15-37-16)5-9-35(10-6-26)21-14-29-22-24(32-21)33-34-25(22)36-11-8-28-19-12-17(2-3-20(19)36)18-4-7-30-31-13-18/h2-4,7,12-14,16,23,28H,5-6,8-11,15,27H2,1H3,(H,32,33,34)/t16-,23+/m0/s1. The fourth-order valence-electron chi connectivity index (χ4n) is 5.97. The molecule has 190 valence electrons. The van der Waals surface area contributed by atoms with Crippen molar-refractivity contribution in [2.24, 2.45) is 11.1 Å². The fourth-order valence-corrected chi connectivity index (χ4v) is 5.97. The maximum Gasteiger partial charge on any atom is 0.183 e. The van der Waals surface area contributed by atoms with Crippen LogP contribution in [0, 0.1) is 5.41 Å². The van der Waals surface area contributed by atoms with Crippen molar-refractivity contribution in [2.45, 2.75) is 31.9 Å². The first-order valence-electron chi connectivity index (χ1n) is 12.9. The van der Waals surface area contributed by atoms with Gasteiger partial charge in [-0.25, -0.2) is 9.97 Å². The van der Waals surface area contributed by atoms with Gasteiger partial charge >= 0.3 is 0 Å². The van der Waals surface area contributed by atoms with E-state index in [-0.39, 0.29) is 17.6 Å². The summed E-state index contributed by atoms with van der Waals surface area (Å²) in [6, 6.07) is 8.41. The lowest BCUT2D eigenvalue weighted by Crippen LogP contribution is -2.50. The Labute approximate surface area is 214 Å². The van der Waals surface area contributed by atoms with E-state index in [0.717, 1.165) is 85.3 Å². The number of rotatable bonds is 3. The number of nitrogens with zero attached hydrogens (tertiary/aromatic N) is 7. The van der Waals surface area contributed by atoms with Crippen LogP contribution in [0.3, 0.4) is 0 Å². The van der Waals surface area contributed by atoms with E-state index in [0.29, 0.717) is 5.65 Å². The van der Waals surface area contributed by atoms with Gasteiger partial charge in [0.2, 0.25) is 0 Å². The minimum atomic E-state index is 0.0814. The molecule has 0 aliphatic carbocycles. The quantitative estimate of drug-likeness (QED) is 0.387. The van der Waals surface area contributed by atoms with Crippen LogP contribution in [0.1, 0.15) is 19.8 Å². The summed E-state index contributed by atoms with van der Waals surface area (Å²) in [5.74, 6) is 1.66. The first-order chi connectivity index (χ1) is 18.1. The van der Waals surface area contributed by atoms with Crippen LogP contribution in [0.25, 0.3) is 22.3 Å². The molecule has 1 aromatic carbocycles. The number of H-pyrrole nitrogens is 1. The van der Waals surface area contributed by atoms with Gasteiger partial charge in [0.05, 0.1) is 42.7 Å². The number of hydrogen-bond donors (Lipinski definition) is 3. The van der Waals surface area contributed by atoms with Crippen molar-refractivity contribution in [3.8, 4) is 11.1 Å². The van der Waals surface area contributed by atoms with Gasteiger partial charge < -0.3 is 25.6 Å². The number of fused-ring (bicyclic) bond motifs is 2. The Bertz CT molecular complexity index is 1430. The molecule has 1 spiro atoms. The van der Waals surface area contributed by atoms with E-state index in [2.05, 4.69) is 60.6 Å². The molecule has 2 saturated heterocycles. The van der Waals surface area contributed by atoms with Crippen molar-refractivity contribution in [3.05, 3.63) is 42.9 Å². The van der Waals surface area contributed by atoms with Gasteiger partial charge in [-0.2, -0.15) is 15.3 Å². The van der Waals surface area contributed by atoms with E-state index in [9.17, 15) is 0 Å². The largest absolute Gasteiger partial charge is 0.382 e. The lowest BCUT2D eigenvalue weighted by molar-refractivity contribution is 0.0974. The summed E-state index contributed by atoms with van der Waals surface area (Å²) in [4.78, 5) is 14.2. The van der Waals surface area contributed by atoms with Crippen LogP contribution in [0.5, 0.6) is 0 Å². The predicted molar refractivity (Wildman–Crippen MR) is 142 cm³/mol. The molecular formula is C26H30N10O. The summed E-state index contributed by atoms with van der Waals surface area (Å²) in [6.07, 6.45) is 7.48. The molecule has 6 heterocycles. The van der Waals surface area contributed by atoms with Gasteiger partial charge in [0.15, 0.2) is 17.0 Å². The molecule has 4 aromatic rings. The highest BCUT2D eigenvalue weighted by atomic mass is 16.5. The third kappa shape index (κ3) is 3.68. The van der Waals surface area contributed by atoms with E-state index < -0.39 is 0 Å². The molecule has 3 aliphatic heterocycles. The highest BCUT2D eigenvalue weighted by Gasteiger charge is 2.47. The number of nitrogens with two attached hydrogens (primary N) is 1. The monoisotopic (exact) mass is 498 g/mol. The third-order valence-corrected chi connectivity index (χ3v) is 8.28. The molecule has 0 bridgehead atoms. The summed E-state index contributed by atoms with van der Waals surface area (Å²) in [5.41, 5.74) is 12.3. The Morgan fingerprint density at radius 3 is 2.76 bits per heavy atom. The average Bonchev–Trinajstić information content (AvgIpc) is 3.50. The van der Waals surface area contributed by atoms with Crippen LogP contribution in [0.4, 0.5) is 23.0 Å². The number of anilines is 4. The topological polar surface area (TPSA) is 134 Å². The van der Waals surface area contributed by atoms with Crippen LogP contribution < -0.4 is 20.9 Å². The van der Waals surface area contributed by atoms with Crippen molar-refractivity contribution in [3.63, 3.8) is 0 Å². The second kappa shape index (κ2) is 8.63. The summed E-state index contributed by atoms with van der Waals surface area (Å²) in [6.45, 7) is 6.20. The normalized spacial score (nSPS) is 22.9. The van der Waals surface area contributed by atoms with Gasteiger partial charge in [-0.3, -0.25) is 5.10 Å². The van der Waals surface area contributed by atoms with Crippen LogP contribution in [0.2, 0.25) is 0 Å². The number of benzene rings is 1. The molecule has 3 aromatic heterocycles. The maximum atomic E-state index is 6.49. The Hall–Kier alpha value is -3.83. The Kier molecular flexibility index (Phi) is 5.22. The number of hydrogen-bond acceptors (Lipinski definition) is 10. The van der Waals surface area contributed by atoms with Gasteiger partial charge in [-0.05, 0) is 43.5 Å². The highest BCUT2D eigenvalue weighted by molar-refractivity contribution is 5.91. The van der Waals surface area contributed by atoms with Gasteiger partial charge in [0, 0.05) is 43.2 Å². The van der Waals surface area contributed by atoms with E-state index >= 15 is 0 Å². The molecule has 7 rings (SSSR count). The molecule has 2 atom stereocenters. The molecule has 11 heteroatoms. The Balaban J connectivity index is 1.14. The minimum absolute atomic E-state index is 0.0814. The first kappa shape index (κ1) is 22.4. The van der Waals surface area contributed by atoms with Gasteiger partial charge in [-0.1, -0.05) is 6.07 Å². The third-order valence-electron chi connectivity index (χ3n) is 8.28. The van der Waals surface area contributed by atoms with Crippen LogP contribution in [0.15, 0.2) is 42.9 Å². The second-order valence-corrected chi connectivity index (χ2v) is 10.3. The summed E-state index contributed by atoms with van der Waals surface area (Å²) >= 11 is 0.